The van der Waals surface area contributed by atoms with Gasteiger partial charge in [-0.25, -0.2) is 4.98 Å². The van der Waals surface area contributed by atoms with E-state index in [1.807, 2.05) is 37.3 Å². The second-order valence-electron chi connectivity index (χ2n) is 5.63. The molecule has 0 saturated heterocycles. The summed E-state index contributed by atoms with van der Waals surface area (Å²) in [5, 5.41) is 3.03. The van der Waals surface area contributed by atoms with Crippen molar-refractivity contribution >= 4 is 27.5 Å². The Labute approximate surface area is 143 Å². The molecule has 0 radical (unpaired) electrons. The Morgan fingerprint density at radius 3 is 2.88 bits per heavy atom. The van der Waals surface area contributed by atoms with Crippen LogP contribution in [-0.2, 0) is 0 Å². The van der Waals surface area contributed by atoms with E-state index in [9.17, 15) is 4.79 Å². The van der Waals surface area contributed by atoms with Crippen LogP contribution in [0, 0.1) is 0 Å². The number of hydrogen-bond acceptors (Lipinski definition) is 5. The van der Waals surface area contributed by atoms with Gasteiger partial charge in [-0.3, -0.25) is 4.79 Å². The molecule has 0 unspecified atom stereocenters. The summed E-state index contributed by atoms with van der Waals surface area (Å²) in [4.78, 5) is 16.7. The van der Waals surface area contributed by atoms with Gasteiger partial charge in [0.1, 0.15) is 13.2 Å². The van der Waals surface area contributed by atoms with Crippen LogP contribution in [-0.4, -0.2) is 24.1 Å². The van der Waals surface area contributed by atoms with Crippen molar-refractivity contribution in [3.05, 3.63) is 53.0 Å². The molecule has 4 rings (SSSR count). The third-order valence-electron chi connectivity index (χ3n) is 4.01. The molecule has 122 valence electrons. The van der Waals surface area contributed by atoms with Gasteiger partial charge in [0.15, 0.2) is 11.5 Å². The van der Waals surface area contributed by atoms with Gasteiger partial charge >= 0.3 is 0 Å². The summed E-state index contributed by atoms with van der Waals surface area (Å²) >= 11 is 1.53. The largest absolute Gasteiger partial charge is 0.486 e. The highest BCUT2D eigenvalue weighted by Crippen LogP contribution is 2.32. The normalized spacial score (nSPS) is 14.4. The van der Waals surface area contributed by atoms with Crippen LogP contribution in [0.15, 0.2) is 41.9 Å². The molecule has 1 aromatic heterocycles. The van der Waals surface area contributed by atoms with Crippen molar-refractivity contribution in [3.8, 4) is 11.5 Å². The molecule has 0 saturated carbocycles. The van der Waals surface area contributed by atoms with Crippen LogP contribution in [0.25, 0.3) is 10.2 Å². The zero-order valence-electron chi connectivity index (χ0n) is 13.1. The fourth-order valence-electron chi connectivity index (χ4n) is 2.69. The lowest BCUT2D eigenvalue weighted by molar-refractivity contribution is 0.0940. The van der Waals surface area contributed by atoms with Crippen LogP contribution in [0.3, 0.4) is 0 Å². The Balaban J connectivity index is 1.52. The van der Waals surface area contributed by atoms with Crippen LogP contribution in [0.5, 0.6) is 11.5 Å². The standard InChI is InChI=1S/C18H16N2O3S/c1-11(12-3-5-15-16(8-12)23-7-6-22-15)20-18(21)13-2-4-14-17(9-13)24-10-19-14/h2-5,8-11H,6-7H2,1H3,(H,20,21)/t11-/m0/s1. The van der Waals surface area contributed by atoms with E-state index in [2.05, 4.69) is 10.3 Å². The predicted octanol–water partition coefficient (Wildman–Crippen LogP) is 3.56. The SMILES string of the molecule is C[C@H](NC(=O)c1ccc2ncsc2c1)c1ccc2c(c1)OCCO2. The lowest BCUT2D eigenvalue weighted by Gasteiger charge is -2.21. The molecule has 1 amide bonds. The van der Waals surface area contributed by atoms with Gasteiger partial charge in [0.2, 0.25) is 0 Å². The van der Waals surface area contributed by atoms with E-state index in [0.29, 0.717) is 18.8 Å². The van der Waals surface area contributed by atoms with Gasteiger partial charge in [0, 0.05) is 5.56 Å². The molecule has 24 heavy (non-hydrogen) atoms. The molecule has 0 spiro atoms. The Bertz CT molecular complexity index is 906. The molecule has 1 aliphatic rings. The third kappa shape index (κ3) is 2.80. The molecule has 3 aromatic rings. The molecule has 5 nitrogen and oxygen atoms in total. The van der Waals surface area contributed by atoms with Gasteiger partial charge in [-0.2, -0.15) is 0 Å². The van der Waals surface area contributed by atoms with Crippen LogP contribution < -0.4 is 14.8 Å². The van der Waals surface area contributed by atoms with Crippen LogP contribution in [0.1, 0.15) is 28.9 Å². The number of carbonyl (C=O) groups excluding carboxylic acids is 1. The van der Waals surface area contributed by atoms with Crippen molar-refractivity contribution in [1.82, 2.24) is 10.3 Å². The highest BCUT2D eigenvalue weighted by atomic mass is 32.1. The topological polar surface area (TPSA) is 60.5 Å². The maximum atomic E-state index is 12.5. The van der Waals surface area contributed by atoms with E-state index < -0.39 is 0 Å². The first-order valence-corrected chi connectivity index (χ1v) is 8.62. The molecule has 1 atom stereocenters. The van der Waals surface area contributed by atoms with E-state index in [0.717, 1.165) is 27.3 Å². The van der Waals surface area contributed by atoms with Gasteiger partial charge in [0.25, 0.3) is 5.91 Å². The molecular weight excluding hydrogens is 324 g/mol. The minimum absolute atomic E-state index is 0.104. The number of rotatable bonds is 3. The van der Waals surface area contributed by atoms with E-state index in [1.54, 1.807) is 11.6 Å². The molecule has 2 aromatic carbocycles. The Kier molecular flexibility index (Phi) is 3.82. The van der Waals surface area contributed by atoms with Crippen LogP contribution in [0.4, 0.5) is 0 Å². The number of hydrogen-bond donors (Lipinski definition) is 1. The third-order valence-corrected chi connectivity index (χ3v) is 4.80. The molecule has 1 N–H and O–H groups in total. The highest BCUT2D eigenvalue weighted by Gasteiger charge is 2.16. The van der Waals surface area contributed by atoms with Crippen molar-refractivity contribution in [3.63, 3.8) is 0 Å². The fraction of sp³-hybridized carbons (Fsp3) is 0.222. The van der Waals surface area contributed by atoms with E-state index in [4.69, 9.17) is 9.47 Å². The number of nitrogens with one attached hydrogen (secondary N) is 1. The summed E-state index contributed by atoms with van der Waals surface area (Å²) in [5.74, 6) is 1.37. The number of carbonyl (C=O) groups is 1. The van der Waals surface area contributed by atoms with Gasteiger partial charge in [-0.1, -0.05) is 6.07 Å². The summed E-state index contributed by atoms with van der Waals surface area (Å²) < 4.78 is 12.1. The van der Waals surface area contributed by atoms with Gasteiger partial charge in [-0.05, 0) is 42.8 Å². The number of amides is 1. The van der Waals surface area contributed by atoms with Crippen LogP contribution in [0.2, 0.25) is 0 Å². The maximum Gasteiger partial charge on any atom is 0.251 e. The molecular formula is C18H16N2O3S. The maximum absolute atomic E-state index is 12.5. The molecule has 0 fully saturated rings. The monoisotopic (exact) mass is 340 g/mol. The minimum atomic E-state index is -0.134. The quantitative estimate of drug-likeness (QED) is 0.792. The first-order valence-electron chi connectivity index (χ1n) is 7.74. The molecule has 1 aliphatic heterocycles. The number of fused-ring (bicyclic) bond motifs is 2. The lowest BCUT2D eigenvalue weighted by Crippen LogP contribution is -2.26. The number of nitrogens with zero attached hydrogens (tertiary/aromatic N) is 1. The summed E-state index contributed by atoms with van der Waals surface area (Å²) in [5.41, 5.74) is 4.31. The Hall–Kier alpha value is -2.60. The van der Waals surface area contributed by atoms with Gasteiger partial charge in [0.05, 0.1) is 21.8 Å². The fourth-order valence-corrected chi connectivity index (χ4v) is 3.41. The average Bonchev–Trinajstić information content (AvgIpc) is 3.08. The second kappa shape index (κ2) is 6.13. The lowest BCUT2D eigenvalue weighted by atomic mass is 10.1. The summed E-state index contributed by atoms with van der Waals surface area (Å²) in [7, 11) is 0. The van der Waals surface area contributed by atoms with Crippen molar-refractivity contribution in [1.29, 1.82) is 0 Å². The minimum Gasteiger partial charge on any atom is -0.486 e. The van der Waals surface area contributed by atoms with Crippen molar-refractivity contribution in [2.75, 3.05) is 13.2 Å². The number of thiazole rings is 1. The van der Waals surface area contributed by atoms with E-state index in [1.165, 1.54) is 11.3 Å². The molecule has 0 bridgehead atoms. The average molecular weight is 340 g/mol. The molecule has 0 aliphatic carbocycles. The Morgan fingerprint density at radius 2 is 2.00 bits per heavy atom. The first-order chi connectivity index (χ1) is 11.7. The summed E-state index contributed by atoms with van der Waals surface area (Å²) in [6.07, 6.45) is 0. The van der Waals surface area contributed by atoms with Crippen molar-refractivity contribution in [2.45, 2.75) is 13.0 Å². The number of benzene rings is 2. The highest BCUT2D eigenvalue weighted by molar-refractivity contribution is 7.16. The predicted molar refractivity (Wildman–Crippen MR) is 92.9 cm³/mol. The smallest absolute Gasteiger partial charge is 0.251 e. The summed E-state index contributed by atoms with van der Waals surface area (Å²) in [6.45, 7) is 3.07. The summed E-state index contributed by atoms with van der Waals surface area (Å²) in [6, 6.07) is 11.2. The Morgan fingerprint density at radius 1 is 1.17 bits per heavy atom. The van der Waals surface area contributed by atoms with Crippen LogP contribution >= 0.6 is 11.3 Å². The van der Waals surface area contributed by atoms with Gasteiger partial charge in [-0.15, -0.1) is 11.3 Å². The zero-order chi connectivity index (χ0) is 16.5. The van der Waals surface area contributed by atoms with Gasteiger partial charge < -0.3 is 14.8 Å². The molecule has 2 heterocycles. The van der Waals surface area contributed by atoms with E-state index in [-0.39, 0.29) is 11.9 Å². The molecule has 6 heteroatoms. The number of ether oxygens (including phenoxy) is 2. The zero-order valence-corrected chi connectivity index (χ0v) is 13.9. The first kappa shape index (κ1) is 15.0. The van der Waals surface area contributed by atoms with Crippen molar-refractivity contribution in [2.24, 2.45) is 0 Å². The number of aromatic nitrogens is 1. The second-order valence-corrected chi connectivity index (χ2v) is 6.52. The van der Waals surface area contributed by atoms with E-state index >= 15 is 0 Å². The van der Waals surface area contributed by atoms with Crippen molar-refractivity contribution < 1.29 is 14.3 Å².